The second kappa shape index (κ2) is 8.19. The third kappa shape index (κ3) is 3.63. The van der Waals surface area contributed by atoms with E-state index in [1.54, 1.807) is 36.4 Å². The minimum Gasteiger partial charge on any atom is -0.507 e. The van der Waals surface area contributed by atoms with E-state index in [1.165, 1.54) is 7.11 Å². The zero-order valence-corrected chi connectivity index (χ0v) is 18.6. The van der Waals surface area contributed by atoms with E-state index < -0.39 is 17.6 Å². The summed E-state index contributed by atoms with van der Waals surface area (Å²) >= 11 is 0. The van der Waals surface area contributed by atoms with Crippen LogP contribution in [-0.2, 0) is 19.9 Å². The Kier molecular flexibility index (Phi) is 5.69. The van der Waals surface area contributed by atoms with Gasteiger partial charge in [-0.2, -0.15) is 0 Å². The Hall–Kier alpha value is -2.96. The van der Waals surface area contributed by atoms with Crippen molar-refractivity contribution in [3.8, 4) is 5.75 Å². The van der Waals surface area contributed by atoms with E-state index in [-0.39, 0.29) is 22.6 Å². The van der Waals surface area contributed by atoms with Gasteiger partial charge in [-0.15, -0.1) is 0 Å². The topological polar surface area (TPSA) is 95.9 Å². The molecule has 1 heterocycles. The highest BCUT2D eigenvalue weighted by atomic mass is 16.5. The van der Waals surface area contributed by atoms with E-state index in [0.717, 1.165) is 12.8 Å². The molecule has 2 aromatic carbocycles. The summed E-state index contributed by atoms with van der Waals surface area (Å²) in [4.78, 5) is 24.6. The number of phenolic OH excluding ortho intramolecular Hbond substituents is 1. The number of carbonyl (C=O) groups is 2. The first-order valence-electron chi connectivity index (χ1n) is 10.9. The molecule has 6 heteroatoms. The van der Waals surface area contributed by atoms with Gasteiger partial charge in [-0.1, -0.05) is 56.3 Å². The van der Waals surface area contributed by atoms with Crippen LogP contribution in [0, 0.1) is 11.3 Å². The molecule has 0 radical (unpaired) electrons. The lowest BCUT2D eigenvalue weighted by Crippen LogP contribution is -2.52. The van der Waals surface area contributed by atoms with Gasteiger partial charge in [0.25, 0.3) is 5.91 Å². The number of fused-ring (bicyclic) bond motifs is 1. The van der Waals surface area contributed by atoms with E-state index in [9.17, 15) is 19.8 Å². The number of methoxy groups -OCH3 is 1. The van der Waals surface area contributed by atoms with Gasteiger partial charge in [-0.05, 0) is 36.0 Å². The molecule has 0 spiro atoms. The fourth-order valence-corrected chi connectivity index (χ4v) is 5.03. The Morgan fingerprint density at radius 2 is 1.88 bits per heavy atom. The fourth-order valence-electron chi connectivity index (χ4n) is 5.03. The number of aliphatic hydroxyl groups is 1. The molecule has 0 aromatic heterocycles. The molecule has 0 saturated heterocycles. The van der Waals surface area contributed by atoms with E-state index in [2.05, 4.69) is 12.2 Å². The first-order chi connectivity index (χ1) is 15.2. The summed E-state index contributed by atoms with van der Waals surface area (Å²) in [5, 5.41) is 25.9. The van der Waals surface area contributed by atoms with E-state index in [1.807, 2.05) is 25.1 Å². The number of aromatic hydroxyl groups is 1. The van der Waals surface area contributed by atoms with Crippen LogP contribution < -0.4 is 5.32 Å². The Morgan fingerprint density at radius 1 is 1.16 bits per heavy atom. The van der Waals surface area contributed by atoms with Crippen molar-refractivity contribution < 1.29 is 24.5 Å². The van der Waals surface area contributed by atoms with Gasteiger partial charge >= 0.3 is 0 Å². The first-order valence-corrected chi connectivity index (χ1v) is 10.9. The molecule has 6 nitrogen and oxygen atoms in total. The van der Waals surface area contributed by atoms with Crippen molar-refractivity contribution in [2.75, 3.05) is 12.4 Å². The SMILES string of the molecule is CO[C@@H]1C(=O)Nc2ccc(C=C[C@@]3(C)CCC(=O)[C@H](C)C3)c(O)c2[C@@]1(O)c1ccccc1. The summed E-state index contributed by atoms with van der Waals surface area (Å²) in [6, 6.07) is 12.1. The number of hydrogen-bond donors (Lipinski definition) is 3. The van der Waals surface area contributed by atoms with Crippen LogP contribution in [0.4, 0.5) is 5.69 Å². The van der Waals surface area contributed by atoms with Crippen LogP contribution in [0.25, 0.3) is 6.08 Å². The maximum Gasteiger partial charge on any atom is 0.257 e. The van der Waals surface area contributed by atoms with E-state index >= 15 is 0 Å². The summed E-state index contributed by atoms with van der Waals surface area (Å²) < 4.78 is 5.40. The summed E-state index contributed by atoms with van der Waals surface area (Å²) in [6.07, 6.45) is 4.70. The number of ketones is 1. The van der Waals surface area contributed by atoms with Gasteiger partial charge in [0.05, 0.1) is 11.3 Å². The summed E-state index contributed by atoms with van der Waals surface area (Å²) in [7, 11) is 1.36. The van der Waals surface area contributed by atoms with Crippen LogP contribution in [0.5, 0.6) is 5.75 Å². The molecule has 0 unspecified atom stereocenters. The van der Waals surface area contributed by atoms with Crippen molar-refractivity contribution in [2.24, 2.45) is 11.3 Å². The van der Waals surface area contributed by atoms with Gasteiger partial charge in [-0.25, -0.2) is 0 Å². The lowest BCUT2D eigenvalue weighted by atomic mass is 9.70. The number of allylic oxidation sites excluding steroid dienone is 1. The summed E-state index contributed by atoms with van der Waals surface area (Å²) in [5.41, 5.74) is -0.505. The molecule has 4 atom stereocenters. The number of ether oxygens (including phenoxy) is 1. The second-order valence-corrected chi connectivity index (χ2v) is 9.22. The monoisotopic (exact) mass is 435 g/mol. The zero-order valence-electron chi connectivity index (χ0n) is 18.6. The van der Waals surface area contributed by atoms with Gasteiger partial charge < -0.3 is 20.3 Å². The number of anilines is 1. The van der Waals surface area contributed by atoms with Crippen molar-refractivity contribution in [3.63, 3.8) is 0 Å². The number of benzene rings is 2. The van der Waals surface area contributed by atoms with Crippen LogP contribution in [0.1, 0.15) is 49.8 Å². The average molecular weight is 436 g/mol. The molecular weight excluding hydrogens is 406 g/mol. The molecule has 3 N–H and O–H groups in total. The number of nitrogens with one attached hydrogen (secondary N) is 1. The van der Waals surface area contributed by atoms with Crippen LogP contribution in [0.2, 0.25) is 0 Å². The maximum absolute atomic E-state index is 12.7. The van der Waals surface area contributed by atoms with Crippen molar-refractivity contribution in [2.45, 2.75) is 44.8 Å². The quantitative estimate of drug-likeness (QED) is 0.675. The lowest BCUT2D eigenvalue weighted by Gasteiger charge is -2.40. The van der Waals surface area contributed by atoms with Crippen molar-refractivity contribution >= 4 is 23.5 Å². The van der Waals surface area contributed by atoms with Crippen molar-refractivity contribution in [3.05, 3.63) is 65.2 Å². The van der Waals surface area contributed by atoms with Crippen LogP contribution >= 0.6 is 0 Å². The van der Waals surface area contributed by atoms with Crippen molar-refractivity contribution in [1.82, 2.24) is 0 Å². The predicted molar refractivity (Wildman–Crippen MR) is 122 cm³/mol. The Bertz CT molecular complexity index is 1080. The first kappa shape index (κ1) is 22.2. The Morgan fingerprint density at radius 3 is 2.53 bits per heavy atom. The zero-order chi connectivity index (χ0) is 23.1. The highest BCUT2D eigenvalue weighted by Gasteiger charge is 2.51. The minimum absolute atomic E-state index is 0.0105. The highest BCUT2D eigenvalue weighted by molar-refractivity contribution is 6.00. The number of rotatable bonds is 4. The molecule has 1 aliphatic heterocycles. The van der Waals surface area contributed by atoms with Gasteiger partial charge in [-0.3, -0.25) is 9.59 Å². The van der Waals surface area contributed by atoms with Gasteiger partial charge in [0.15, 0.2) is 11.7 Å². The van der Waals surface area contributed by atoms with Crippen LogP contribution in [0.15, 0.2) is 48.5 Å². The third-order valence-corrected chi connectivity index (χ3v) is 6.85. The van der Waals surface area contributed by atoms with E-state index in [4.69, 9.17) is 4.74 Å². The normalized spacial score (nSPS) is 30.2. The van der Waals surface area contributed by atoms with E-state index in [0.29, 0.717) is 29.0 Å². The van der Waals surface area contributed by atoms with Crippen molar-refractivity contribution in [1.29, 1.82) is 0 Å². The molecule has 2 aliphatic rings. The number of amides is 1. The lowest BCUT2D eigenvalue weighted by molar-refractivity contribution is -0.142. The van der Waals surface area contributed by atoms with Crippen LogP contribution in [0.3, 0.4) is 0 Å². The Labute approximate surface area is 187 Å². The largest absolute Gasteiger partial charge is 0.507 e. The third-order valence-electron chi connectivity index (χ3n) is 6.85. The summed E-state index contributed by atoms with van der Waals surface area (Å²) in [6.45, 7) is 4.07. The fraction of sp³-hybridized carbons (Fsp3) is 0.385. The molecule has 1 fully saturated rings. The molecule has 32 heavy (non-hydrogen) atoms. The molecular formula is C26H29NO5. The molecule has 1 aliphatic carbocycles. The molecule has 4 rings (SSSR count). The second-order valence-electron chi connectivity index (χ2n) is 9.22. The number of phenols is 1. The van der Waals surface area contributed by atoms with Gasteiger partial charge in [0, 0.05) is 25.0 Å². The Balaban J connectivity index is 1.80. The number of carbonyl (C=O) groups excluding carboxylic acids is 2. The molecule has 0 bridgehead atoms. The van der Waals surface area contributed by atoms with Crippen LogP contribution in [-0.4, -0.2) is 35.1 Å². The standard InChI is InChI=1S/C26H29NO5/c1-16-15-25(2,14-12-20(16)28)13-11-17-9-10-19-21(22(17)29)26(31,18-7-5-4-6-8-18)23(32-3)24(30)27-19/h4-11,13,16,23,29,31H,12,14-15H2,1-3H3,(H,27,30)/t16-,23-,25+,26+/m1/s1. The molecule has 168 valence electrons. The number of Topliss-reactive ketones (excluding diaryl/α,β-unsaturated/α-hetero) is 1. The minimum atomic E-state index is -1.86. The highest BCUT2D eigenvalue weighted by Crippen LogP contribution is 2.48. The summed E-state index contributed by atoms with van der Waals surface area (Å²) in [5.74, 6) is -0.295. The van der Waals surface area contributed by atoms with Gasteiger partial charge in [0.2, 0.25) is 0 Å². The number of hydrogen-bond acceptors (Lipinski definition) is 5. The predicted octanol–water partition coefficient (Wildman–Crippen LogP) is 4.00. The molecule has 1 amide bonds. The molecule has 1 saturated carbocycles. The average Bonchev–Trinajstić information content (AvgIpc) is 2.77. The maximum atomic E-state index is 12.7. The molecule has 2 aromatic rings. The van der Waals surface area contributed by atoms with Gasteiger partial charge in [0.1, 0.15) is 11.5 Å². The smallest absolute Gasteiger partial charge is 0.257 e.